The summed E-state index contributed by atoms with van der Waals surface area (Å²) in [6.07, 6.45) is 51.4. The molecule has 530 valence electrons. The summed E-state index contributed by atoms with van der Waals surface area (Å²) in [7, 11) is 0. The van der Waals surface area contributed by atoms with Gasteiger partial charge in [0.15, 0.2) is 5.82 Å². The molecular formula is C91H96N8O2S3. The molecule has 0 fully saturated rings. The minimum Gasteiger partial charge on any atom is -0.445 e. The Labute approximate surface area is 630 Å². The number of rotatable bonds is 27. The van der Waals surface area contributed by atoms with Crippen molar-refractivity contribution in [3.05, 3.63) is 379 Å². The molecule has 0 N–H and O–H groups in total. The van der Waals surface area contributed by atoms with E-state index in [1.807, 2.05) is 141 Å². The zero-order valence-electron chi connectivity index (χ0n) is 61.9. The first-order chi connectivity index (χ1) is 50.4. The molecule has 0 saturated carbocycles. The molecule has 13 heteroatoms. The maximum absolute atomic E-state index is 5.32. The third kappa shape index (κ3) is 26.4. The number of hydrogen-bond donors (Lipinski definition) is 0. The van der Waals surface area contributed by atoms with Crippen LogP contribution in [0.3, 0.4) is 0 Å². The number of thioether (sulfide) groups is 1. The smallest absolute Gasteiger partial charge is 0.240 e. The highest BCUT2D eigenvalue weighted by molar-refractivity contribution is 8.02. The number of fused-ring (bicyclic) bond motifs is 3. The fourth-order valence-electron chi connectivity index (χ4n) is 10.5. The number of thiophene rings is 2. The molecule has 0 saturated heterocycles. The molecule has 0 aliphatic rings. The molecule has 0 aliphatic carbocycles. The van der Waals surface area contributed by atoms with Crippen LogP contribution in [0.5, 0.6) is 11.8 Å². The molecule has 104 heavy (non-hydrogen) atoms. The molecule has 7 heterocycles. The number of pyridine rings is 3. The van der Waals surface area contributed by atoms with E-state index in [9.17, 15) is 0 Å². The predicted molar refractivity (Wildman–Crippen MR) is 449 cm³/mol. The number of nitrogens with zero attached hydrogens (tertiary/aromatic N) is 8. The molecule has 10 aromatic rings. The number of allylic oxidation sites excluding steroid dienone is 21. The predicted octanol–water partition coefficient (Wildman–Crippen LogP) is 24.5. The molecule has 10 rings (SSSR count). The van der Waals surface area contributed by atoms with Crippen LogP contribution in [0.2, 0.25) is 0 Å². The summed E-state index contributed by atoms with van der Waals surface area (Å²) in [5.41, 5.74) is 17.8. The van der Waals surface area contributed by atoms with Crippen LogP contribution < -0.4 is 9.47 Å². The molecule has 0 aliphatic heterocycles. The highest BCUT2D eigenvalue weighted by atomic mass is 32.2. The average Bonchev–Trinajstić information content (AvgIpc) is 0.915. The Balaban J connectivity index is 0.000000205. The Kier molecular flexibility index (Phi) is 34.9. The first-order valence-electron chi connectivity index (χ1n) is 34.1. The fraction of sp³-hybridized carbons (Fsp3) is 0.165. The van der Waals surface area contributed by atoms with Gasteiger partial charge in [0.1, 0.15) is 23.0 Å². The van der Waals surface area contributed by atoms with E-state index in [4.69, 9.17) is 19.4 Å². The van der Waals surface area contributed by atoms with Crippen molar-refractivity contribution in [3.8, 4) is 44.0 Å². The van der Waals surface area contributed by atoms with Crippen molar-refractivity contribution in [1.82, 2.24) is 39.9 Å². The Morgan fingerprint density at radius 3 is 1.28 bits per heavy atom. The number of hydrogen-bond acceptors (Lipinski definition) is 13. The number of aromatic nitrogens is 8. The molecular weight excluding hydrogens is 1330 g/mol. The summed E-state index contributed by atoms with van der Waals surface area (Å²) in [6, 6.07) is 30.2. The highest BCUT2D eigenvalue weighted by Crippen LogP contribution is 2.38. The van der Waals surface area contributed by atoms with E-state index in [0.717, 1.165) is 88.7 Å². The third-order valence-electron chi connectivity index (χ3n) is 15.3. The van der Waals surface area contributed by atoms with Gasteiger partial charge >= 0.3 is 0 Å². The van der Waals surface area contributed by atoms with Gasteiger partial charge in [-0.1, -0.05) is 210 Å². The molecule has 0 bridgehead atoms. The van der Waals surface area contributed by atoms with Gasteiger partial charge in [0, 0.05) is 64.5 Å². The molecule has 7 aromatic heterocycles. The molecule has 0 unspecified atom stereocenters. The standard InChI is InChI=1S/C24H24N2.C20H22S2.C17H17NS.C16H17N3.C14H16N2O2/c1-5-7-9-11-19-20(12-10-8-6-2)22-14-18(4)16-26-24(22)23-21(19)13-17(3)15-25-23;1-5-7-9-11-17-13-19(21-15(17)3)20-14-18(16(4)22-20)12-10-8-6-2;1-4-5-10-19-17-8-6-15(7-9-17)16-11-13(2)18-14(3)12-16;1-4-5-6-8-14-9-7-10-15(11-14)16-18-12(2)17-13(3)19-16;1-5-7-9-17-13-11(3)16-14(12(4)15-13)18-10-8-6-2/h5-10,13-16H,1-2,11-12H2,3-4H3;5-10,13-14H,1-2,11-12H2,3-4H3;4-12H,1H2,2-3H3;4-7,9-11H,1,8H2,2-3H3;5-10H,1-2H2,3-4H3/b2*9-7+,10-8+;10-5+;6-5+;9-7+,10-8+. The molecule has 0 radical (unpaired) electrons. The lowest BCUT2D eigenvalue weighted by Crippen LogP contribution is -2.00. The first kappa shape index (κ1) is 81.9. The van der Waals surface area contributed by atoms with Gasteiger partial charge in [-0.3, -0.25) is 15.0 Å². The Morgan fingerprint density at radius 2 is 0.837 bits per heavy atom. The summed E-state index contributed by atoms with van der Waals surface area (Å²) < 4.78 is 10.6. The van der Waals surface area contributed by atoms with E-state index in [2.05, 4.69) is 213 Å². The highest BCUT2D eigenvalue weighted by Gasteiger charge is 2.17. The second-order valence-electron chi connectivity index (χ2n) is 23.7. The van der Waals surface area contributed by atoms with Gasteiger partial charge in [-0.25, -0.2) is 24.9 Å². The van der Waals surface area contributed by atoms with Crippen LogP contribution in [0, 0.1) is 69.2 Å². The molecule has 3 aromatic carbocycles. The zero-order valence-corrected chi connectivity index (χ0v) is 64.4. The first-order valence-corrected chi connectivity index (χ1v) is 36.6. The summed E-state index contributed by atoms with van der Waals surface area (Å²) in [5, 5.41) is 4.40. The second-order valence-corrected chi connectivity index (χ2v) is 27.2. The Morgan fingerprint density at radius 1 is 0.404 bits per heavy atom. The van der Waals surface area contributed by atoms with Gasteiger partial charge in [-0.05, 0) is 224 Å². The van der Waals surface area contributed by atoms with Gasteiger partial charge in [0.05, 0.1) is 23.6 Å². The van der Waals surface area contributed by atoms with Crippen LogP contribution >= 0.6 is 34.4 Å². The second kappa shape index (κ2) is 44.3. The van der Waals surface area contributed by atoms with Gasteiger partial charge in [0.25, 0.3) is 0 Å². The maximum atomic E-state index is 5.32. The van der Waals surface area contributed by atoms with Crippen molar-refractivity contribution in [2.24, 2.45) is 0 Å². The van der Waals surface area contributed by atoms with Crippen LogP contribution in [0.25, 0.3) is 54.1 Å². The minimum atomic E-state index is 0.450. The van der Waals surface area contributed by atoms with Crippen molar-refractivity contribution < 1.29 is 9.47 Å². The lowest BCUT2D eigenvalue weighted by atomic mass is 9.91. The van der Waals surface area contributed by atoms with Crippen molar-refractivity contribution in [2.75, 3.05) is 0 Å². The van der Waals surface area contributed by atoms with Crippen molar-refractivity contribution in [1.29, 1.82) is 0 Å². The van der Waals surface area contributed by atoms with Gasteiger partial charge in [0.2, 0.25) is 11.8 Å². The molecule has 0 spiro atoms. The largest absolute Gasteiger partial charge is 0.445 e. The van der Waals surface area contributed by atoms with E-state index < -0.39 is 0 Å². The fourth-order valence-corrected chi connectivity index (χ4v) is 13.3. The van der Waals surface area contributed by atoms with Crippen LogP contribution in [0.1, 0.15) is 83.1 Å². The average molecular weight is 1430 g/mol. The molecule has 10 nitrogen and oxygen atoms in total. The lowest BCUT2D eigenvalue weighted by Gasteiger charge is -2.15. The maximum Gasteiger partial charge on any atom is 0.240 e. The molecule has 0 atom stereocenters. The molecule has 0 amide bonds. The number of benzene rings is 3. The van der Waals surface area contributed by atoms with E-state index in [1.165, 1.54) is 86.6 Å². The van der Waals surface area contributed by atoms with Crippen molar-refractivity contribution >= 4 is 56.2 Å². The zero-order chi connectivity index (χ0) is 75.2. The Bertz CT molecular complexity index is 4620. The summed E-state index contributed by atoms with van der Waals surface area (Å²) in [4.78, 5) is 42.2. The Hall–Kier alpha value is -11.1. The van der Waals surface area contributed by atoms with E-state index >= 15 is 0 Å². The number of ether oxygens (including phenoxy) is 2. The van der Waals surface area contributed by atoms with E-state index in [1.54, 1.807) is 62.1 Å². The van der Waals surface area contributed by atoms with Crippen molar-refractivity contribution in [2.45, 2.75) is 106 Å². The summed E-state index contributed by atoms with van der Waals surface area (Å²) in [5.74, 6) is 3.13. The third-order valence-corrected chi connectivity index (χ3v) is 18.5. The monoisotopic (exact) mass is 1430 g/mol. The number of aryl methyl sites for hydroxylation is 10. The normalized spacial score (nSPS) is 11.2. The van der Waals surface area contributed by atoms with Gasteiger partial charge < -0.3 is 9.47 Å². The van der Waals surface area contributed by atoms with Crippen molar-refractivity contribution in [3.63, 3.8) is 0 Å². The quantitative estimate of drug-likeness (QED) is 0.0212. The van der Waals surface area contributed by atoms with Crippen LogP contribution in [0.4, 0.5) is 0 Å². The minimum absolute atomic E-state index is 0.450. The summed E-state index contributed by atoms with van der Waals surface area (Å²) >= 11 is 5.48. The van der Waals surface area contributed by atoms with Gasteiger partial charge in [-0.2, -0.15) is 0 Å². The van der Waals surface area contributed by atoms with E-state index in [-0.39, 0.29) is 0 Å². The van der Waals surface area contributed by atoms with Crippen LogP contribution in [0.15, 0.2) is 300 Å². The van der Waals surface area contributed by atoms with Crippen LogP contribution in [-0.2, 0) is 32.1 Å². The van der Waals surface area contributed by atoms with Crippen LogP contribution in [-0.4, -0.2) is 39.9 Å². The topological polar surface area (TPSA) is 122 Å². The summed E-state index contributed by atoms with van der Waals surface area (Å²) in [6.45, 7) is 49.4. The lowest BCUT2D eigenvalue weighted by molar-refractivity contribution is 0.424. The van der Waals surface area contributed by atoms with Gasteiger partial charge in [-0.15, -0.1) is 22.7 Å². The van der Waals surface area contributed by atoms with E-state index in [0.29, 0.717) is 23.1 Å². The SMILES string of the molecule is C=C/C=C/Cc1c(C/C=C/C=C)c2cc(C)cnc2c2ncc(C)cc12.C=C/C=C/Cc1cc(-c2cc(C/C=C/C=C)c(C)s2)sc1C.C=C/C=C/Cc1cccc(-c2nc(C)nc(C)n2)c1.C=C/C=C/Oc1nc(C)c(O/C=C/C=C)nc1C.C=C/C=C/Sc1ccc(-c2cc(C)nc(C)c2)cc1.